The third kappa shape index (κ3) is 2.24. The first kappa shape index (κ1) is 13.5. The highest BCUT2D eigenvalue weighted by molar-refractivity contribution is 9.10. The van der Waals surface area contributed by atoms with Crippen LogP contribution in [-0.2, 0) is 11.3 Å². The Kier molecular flexibility index (Phi) is 3.32. The van der Waals surface area contributed by atoms with Gasteiger partial charge in [-0.2, -0.15) is 5.26 Å². The van der Waals surface area contributed by atoms with E-state index in [0.717, 1.165) is 5.56 Å². The summed E-state index contributed by atoms with van der Waals surface area (Å²) in [5, 5.41) is 8.92. The lowest BCUT2D eigenvalue weighted by atomic mass is 10.1. The molecule has 0 aromatic heterocycles. The molecule has 4 nitrogen and oxygen atoms in total. The van der Waals surface area contributed by atoms with Crippen molar-refractivity contribution in [3.8, 4) is 6.07 Å². The summed E-state index contributed by atoms with van der Waals surface area (Å²) in [6, 6.07) is 14.3. The Morgan fingerprint density at radius 3 is 2.67 bits per heavy atom. The molecule has 0 unspecified atom stereocenters. The molecule has 0 spiro atoms. The fourth-order valence-electron chi connectivity index (χ4n) is 2.38. The third-order valence-electron chi connectivity index (χ3n) is 3.35. The zero-order chi connectivity index (χ0) is 15.0. The minimum atomic E-state index is -0.542. The molecule has 102 valence electrons. The predicted octanol–water partition coefficient (Wildman–Crippen LogP) is 3.05. The zero-order valence-electron chi connectivity index (χ0n) is 10.8. The maximum absolute atomic E-state index is 12.2. The SMILES string of the molecule is N#Cc1cccc(CN2C(=O)C(=O)c3c(Br)cccc32)c1. The van der Waals surface area contributed by atoms with E-state index in [0.29, 0.717) is 21.3 Å². The Bertz CT molecular complexity index is 808. The summed E-state index contributed by atoms with van der Waals surface area (Å²) in [5.74, 6) is -1.05. The van der Waals surface area contributed by atoms with E-state index in [9.17, 15) is 9.59 Å². The average Bonchev–Trinajstić information content (AvgIpc) is 2.74. The number of ketones is 1. The number of carbonyl (C=O) groups excluding carboxylic acids is 2. The van der Waals surface area contributed by atoms with E-state index in [2.05, 4.69) is 22.0 Å². The summed E-state index contributed by atoms with van der Waals surface area (Å²) in [6.07, 6.45) is 0. The second kappa shape index (κ2) is 5.15. The first-order chi connectivity index (χ1) is 10.1. The third-order valence-corrected chi connectivity index (χ3v) is 4.01. The topological polar surface area (TPSA) is 61.2 Å². The number of nitrogens with zero attached hydrogens (tertiary/aromatic N) is 2. The van der Waals surface area contributed by atoms with Crippen molar-refractivity contribution in [1.82, 2.24) is 0 Å². The molecular formula is C16H9BrN2O2. The number of hydrogen-bond donors (Lipinski definition) is 0. The van der Waals surface area contributed by atoms with Gasteiger partial charge in [0.25, 0.3) is 11.7 Å². The van der Waals surface area contributed by atoms with Gasteiger partial charge in [0.05, 0.1) is 29.4 Å². The van der Waals surface area contributed by atoms with Crippen LogP contribution in [0.25, 0.3) is 0 Å². The molecule has 21 heavy (non-hydrogen) atoms. The van der Waals surface area contributed by atoms with Crippen LogP contribution < -0.4 is 4.90 Å². The molecule has 1 amide bonds. The lowest BCUT2D eigenvalue weighted by Gasteiger charge is -2.16. The Morgan fingerprint density at radius 2 is 1.90 bits per heavy atom. The van der Waals surface area contributed by atoms with Crippen LogP contribution >= 0.6 is 15.9 Å². The van der Waals surface area contributed by atoms with Gasteiger partial charge < -0.3 is 4.90 Å². The van der Waals surface area contributed by atoms with Gasteiger partial charge in [-0.15, -0.1) is 0 Å². The predicted molar refractivity (Wildman–Crippen MR) is 80.8 cm³/mol. The van der Waals surface area contributed by atoms with Crippen molar-refractivity contribution >= 4 is 33.3 Å². The van der Waals surface area contributed by atoms with Gasteiger partial charge in [-0.1, -0.05) is 18.2 Å². The molecule has 0 N–H and O–H groups in total. The van der Waals surface area contributed by atoms with Crippen LogP contribution in [0.5, 0.6) is 0 Å². The molecule has 3 rings (SSSR count). The molecule has 0 saturated heterocycles. The monoisotopic (exact) mass is 340 g/mol. The van der Waals surface area contributed by atoms with Crippen molar-refractivity contribution < 1.29 is 9.59 Å². The average molecular weight is 341 g/mol. The van der Waals surface area contributed by atoms with Crippen molar-refractivity contribution in [3.05, 3.63) is 63.6 Å². The molecule has 5 heteroatoms. The minimum absolute atomic E-state index is 0.267. The van der Waals surface area contributed by atoms with E-state index in [1.54, 1.807) is 36.4 Å². The first-order valence-corrected chi connectivity index (χ1v) is 7.05. The Balaban J connectivity index is 2.01. The number of halogens is 1. The van der Waals surface area contributed by atoms with Gasteiger partial charge in [-0.05, 0) is 45.8 Å². The van der Waals surface area contributed by atoms with Crippen molar-refractivity contribution in [2.24, 2.45) is 0 Å². The van der Waals surface area contributed by atoms with E-state index in [4.69, 9.17) is 5.26 Å². The van der Waals surface area contributed by atoms with E-state index in [-0.39, 0.29) is 6.54 Å². The zero-order valence-corrected chi connectivity index (χ0v) is 12.4. The van der Waals surface area contributed by atoms with Gasteiger partial charge in [0.2, 0.25) is 0 Å². The summed E-state index contributed by atoms with van der Waals surface area (Å²) in [7, 11) is 0. The molecule has 0 aliphatic carbocycles. The number of nitriles is 1. The van der Waals surface area contributed by atoms with Crippen molar-refractivity contribution in [3.63, 3.8) is 0 Å². The van der Waals surface area contributed by atoms with Crippen molar-refractivity contribution in [2.45, 2.75) is 6.54 Å². The Hall–Kier alpha value is -2.45. The fourth-order valence-corrected chi connectivity index (χ4v) is 2.92. The molecule has 0 bridgehead atoms. The second-order valence-electron chi connectivity index (χ2n) is 4.67. The summed E-state index contributed by atoms with van der Waals surface area (Å²) in [5.41, 5.74) is 2.34. The molecule has 1 heterocycles. The van der Waals surface area contributed by atoms with Crippen molar-refractivity contribution in [2.75, 3.05) is 4.90 Å². The van der Waals surface area contributed by atoms with Gasteiger partial charge in [0.15, 0.2) is 0 Å². The van der Waals surface area contributed by atoms with Crippen LogP contribution in [0.15, 0.2) is 46.9 Å². The van der Waals surface area contributed by atoms with Gasteiger partial charge in [-0.3, -0.25) is 9.59 Å². The van der Waals surface area contributed by atoms with Crippen LogP contribution in [0.4, 0.5) is 5.69 Å². The summed E-state index contributed by atoms with van der Waals surface area (Å²) in [6.45, 7) is 0.267. The number of benzene rings is 2. The molecule has 2 aromatic carbocycles. The molecule has 0 radical (unpaired) electrons. The van der Waals surface area contributed by atoms with Gasteiger partial charge in [0.1, 0.15) is 0 Å². The maximum Gasteiger partial charge on any atom is 0.299 e. The van der Waals surface area contributed by atoms with E-state index in [1.807, 2.05) is 6.07 Å². The number of rotatable bonds is 2. The standard InChI is InChI=1S/C16H9BrN2O2/c17-12-5-2-6-13-14(12)15(20)16(21)19(13)9-11-4-1-3-10(7-11)8-18/h1-7H,9H2. The van der Waals surface area contributed by atoms with E-state index < -0.39 is 11.7 Å². The molecule has 1 aliphatic heterocycles. The summed E-state index contributed by atoms with van der Waals surface area (Å²) >= 11 is 3.31. The van der Waals surface area contributed by atoms with Gasteiger partial charge in [-0.25, -0.2) is 0 Å². The molecule has 0 fully saturated rings. The lowest BCUT2D eigenvalue weighted by Crippen LogP contribution is -2.29. The molecule has 0 atom stereocenters. The molecule has 2 aromatic rings. The highest BCUT2D eigenvalue weighted by atomic mass is 79.9. The quantitative estimate of drug-likeness (QED) is 0.789. The highest BCUT2D eigenvalue weighted by Gasteiger charge is 2.37. The number of anilines is 1. The highest BCUT2D eigenvalue weighted by Crippen LogP contribution is 2.35. The number of hydrogen-bond acceptors (Lipinski definition) is 3. The first-order valence-electron chi connectivity index (χ1n) is 6.25. The smallest absolute Gasteiger partial charge is 0.299 e. The van der Waals surface area contributed by atoms with E-state index in [1.165, 1.54) is 4.90 Å². The lowest BCUT2D eigenvalue weighted by molar-refractivity contribution is -0.114. The largest absolute Gasteiger partial charge is 0.300 e. The van der Waals surface area contributed by atoms with Crippen LogP contribution in [0.1, 0.15) is 21.5 Å². The van der Waals surface area contributed by atoms with Crippen LogP contribution in [0.2, 0.25) is 0 Å². The summed E-state index contributed by atoms with van der Waals surface area (Å²) in [4.78, 5) is 25.7. The van der Waals surface area contributed by atoms with Crippen LogP contribution in [0.3, 0.4) is 0 Å². The fraction of sp³-hybridized carbons (Fsp3) is 0.0625. The van der Waals surface area contributed by atoms with Crippen molar-refractivity contribution in [1.29, 1.82) is 5.26 Å². The number of carbonyl (C=O) groups is 2. The summed E-state index contributed by atoms with van der Waals surface area (Å²) < 4.78 is 0.617. The van der Waals surface area contributed by atoms with Gasteiger partial charge >= 0.3 is 0 Å². The van der Waals surface area contributed by atoms with Crippen LogP contribution in [0, 0.1) is 11.3 Å². The minimum Gasteiger partial charge on any atom is -0.300 e. The van der Waals surface area contributed by atoms with Gasteiger partial charge in [0, 0.05) is 4.47 Å². The second-order valence-corrected chi connectivity index (χ2v) is 5.52. The number of amides is 1. The normalized spacial score (nSPS) is 13.2. The molecule has 0 saturated carbocycles. The Labute approximate surface area is 129 Å². The molecular weight excluding hydrogens is 332 g/mol. The van der Waals surface area contributed by atoms with Crippen LogP contribution in [-0.4, -0.2) is 11.7 Å². The maximum atomic E-state index is 12.2. The number of fused-ring (bicyclic) bond motifs is 1. The Morgan fingerprint density at radius 1 is 1.14 bits per heavy atom. The number of Topliss-reactive ketones (excluding diaryl/α,β-unsaturated/α-hetero) is 1. The van der Waals surface area contributed by atoms with E-state index >= 15 is 0 Å². The molecule has 1 aliphatic rings.